The van der Waals surface area contributed by atoms with E-state index in [1.54, 1.807) is 6.20 Å². The molecule has 0 fully saturated rings. The highest BCUT2D eigenvalue weighted by atomic mass is 15.3. The Balaban J connectivity index is 0.000000292. The van der Waals surface area contributed by atoms with Crippen molar-refractivity contribution in [2.24, 2.45) is 0 Å². The summed E-state index contributed by atoms with van der Waals surface area (Å²) in [6, 6.07) is 2.42. The molecule has 0 aliphatic rings. The van der Waals surface area contributed by atoms with Crippen LogP contribution in [0.15, 0.2) is 18.5 Å². The van der Waals surface area contributed by atoms with Gasteiger partial charge < -0.3 is 0 Å². The number of aromatic nitrogens is 2. The molecule has 0 aliphatic carbocycles. The van der Waals surface area contributed by atoms with Gasteiger partial charge in [0.15, 0.2) is 0 Å². The van der Waals surface area contributed by atoms with Crippen molar-refractivity contribution in [3.63, 3.8) is 0 Å². The van der Waals surface area contributed by atoms with Gasteiger partial charge in [0, 0.05) is 18.4 Å². The van der Waals surface area contributed by atoms with E-state index < -0.39 is 0 Å². The largest absolute Gasteiger partial charge is 0.270 e. The van der Waals surface area contributed by atoms with Gasteiger partial charge in [0.25, 0.3) is 0 Å². The van der Waals surface area contributed by atoms with Gasteiger partial charge in [0.05, 0.1) is 0 Å². The molecule has 0 spiro atoms. The number of rotatable bonds is 1. The van der Waals surface area contributed by atoms with Crippen LogP contribution in [0.3, 0.4) is 0 Å². The van der Waals surface area contributed by atoms with E-state index in [0.29, 0.717) is 6.04 Å². The van der Waals surface area contributed by atoms with Gasteiger partial charge in [-0.1, -0.05) is 20.3 Å². The Bertz CT molecular complexity index is 154. The summed E-state index contributed by atoms with van der Waals surface area (Å²) >= 11 is 0. The second-order valence-electron chi connectivity index (χ2n) is 2.79. The first-order chi connectivity index (χ1) is 5.22. The van der Waals surface area contributed by atoms with Crippen LogP contribution in [-0.4, -0.2) is 9.78 Å². The number of hydrogen-bond donors (Lipinski definition) is 0. The topological polar surface area (TPSA) is 17.8 Å². The quantitative estimate of drug-likeness (QED) is 0.608. The SMILES string of the molecule is CC(C)n1cccn1.CCC. The number of nitrogens with zero attached hydrogens (tertiary/aromatic N) is 2. The molecule has 0 N–H and O–H groups in total. The molecule has 1 heterocycles. The Hall–Kier alpha value is -0.790. The molecule has 11 heavy (non-hydrogen) atoms. The maximum absolute atomic E-state index is 4.03. The summed E-state index contributed by atoms with van der Waals surface area (Å²) in [7, 11) is 0. The fourth-order valence-corrected chi connectivity index (χ4v) is 0.586. The minimum absolute atomic E-state index is 0.491. The Morgan fingerprint density at radius 3 is 2.09 bits per heavy atom. The summed E-state index contributed by atoms with van der Waals surface area (Å²) in [5.41, 5.74) is 0. The van der Waals surface area contributed by atoms with Crippen LogP contribution in [0.2, 0.25) is 0 Å². The van der Waals surface area contributed by atoms with E-state index in [1.165, 1.54) is 6.42 Å². The van der Waals surface area contributed by atoms with E-state index in [-0.39, 0.29) is 0 Å². The lowest BCUT2D eigenvalue weighted by Gasteiger charge is -2.01. The molecule has 0 radical (unpaired) electrons. The molecule has 1 aromatic heterocycles. The molecule has 0 atom stereocenters. The minimum atomic E-state index is 0.491. The van der Waals surface area contributed by atoms with Gasteiger partial charge in [-0.15, -0.1) is 0 Å². The maximum Gasteiger partial charge on any atom is 0.0489 e. The molecule has 1 rings (SSSR count). The molecule has 0 aromatic carbocycles. The second-order valence-corrected chi connectivity index (χ2v) is 2.79. The standard InChI is InChI=1S/C6H10N2.C3H8/c1-6(2)8-5-3-4-7-8;1-3-2/h3-6H,1-2H3;3H2,1-2H3. The normalized spacial score (nSPS) is 9.18. The second kappa shape index (κ2) is 5.96. The molecule has 0 aliphatic heterocycles. The predicted molar refractivity (Wildman–Crippen MR) is 48.6 cm³/mol. The Morgan fingerprint density at radius 1 is 1.36 bits per heavy atom. The zero-order chi connectivity index (χ0) is 8.69. The van der Waals surface area contributed by atoms with Crippen LogP contribution in [0.4, 0.5) is 0 Å². The minimum Gasteiger partial charge on any atom is -0.270 e. The maximum atomic E-state index is 4.03. The van der Waals surface area contributed by atoms with E-state index in [9.17, 15) is 0 Å². The molecular weight excluding hydrogens is 136 g/mol. The Kier molecular flexibility index (Phi) is 5.53. The van der Waals surface area contributed by atoms with Crippen molar-refractivity contribution in [2.75, 3.05) is 0 Å². The average Bonchev–Trinajstić information content (AvgIpc) is 2.38. The molecular formula is C9H18N2. The summed E-state index contributed by atoms with van der Waals surface area (Å²) in [5, 5.41) is 4.03. The summed E-state index contributed by atoms with van der Waals surface area (Å²) in [5.74, 6) is 0. The van der Waals surface area contributed by atoms with Crippen LogP contribution < -0.4 is 0 Å². The van der Waals surface area contributed by atoms with Crippen LogP contribution in [0.5, 0.6) is 0 Å². The highest BCUT2D eigenvalue weighted by Crippen LogP contribution is 1.98. The molecule has 2 nitrogen and oxygen atoms in total. The molecule has 64 valence electrons. The van der Waals surface area contributed by atoms with Crippen LogP contribution in [0.25, 0.3) is 0 Å². The van der Waals surface area contributed by atoms with Crippen LogP contribution >= 0.6 is 0 Å². The molecule has 0 unspecified atom stereocenters. The van der Waals surface area contributed by atoms with E-state index in [0.717, 1.165) is 0 Å². The fraction of sp³-hybridized carbons (Fsp3) is 0.667. The lowest BCUT2D eigenvalue weighted by Crippen LogP contribution is -1.99. The van der Waals surface area contributed by atoms with Crippen molar-refractivity contribution in [3.8, 4) is 0 Å². The van der Waals surface area contributed by atoms with Crippen molar-refractivity contribution in [3.05, 3.63) is 18.5 Å². The van der Waals surface area contributed by atoms with Gasteiger partial charge in [-0.05, 0) is 19.9 Å². The molecule has 0 saturated carbocycles. The number of hydrogen-bond acceptors (Lipinski definition) is 1. The molecule has 0 bridgehead atoms. The summed E-state index contributed by atoms with van der Waals surface area (Å²) in [6.07, 6.45) is 5.00. The highest BCUT2D eigenvalue weighted by molar-refractivity contribution is 4.79. The highest BCUT2D eigenvalue weighted by Gasteiger charge is 1.91. The predicted octanol–water partition coefficient (Wildman–Crippen LogP) is 2.88. The first kappa shape index (κ1) is 10.2. The van der Waals surface area contributed by atoms with Crippen LogP contribution in [-0.2, 0) is 0 Å². The Labute approximate surface area is 69.2 Å². The molecule has 2 heteroatoms. The molecule has 0 saturated heterocycles. The summed E-state index contributed by atoms with van der Waals surface area (Å²) in [6.45, 7) is 8.46. The first-order valence-electron chi connectivity index (χ1n) is 4.21. The van der Waals surface area contributed by atoms with Gasteiger partial charge in [-0.25, -0.2) is 0 Å². The summed E-state index contributed by atoms with van der Waals surface area (Å²) in [4.78, 5) is 0. The van der Waals surface area contributed by atoms with E-state index >= 15 is 0 Å². The lowest BCUT2D eigenvalue weighted by atomic mass is 10.4. The smallest absolute Gasteiger partial charge is 0.0489 e. The van der Waals surface area contributed by atoms with Gasteiger partial charge in [-0.3, -0.25) is 4.68 Å². The lowest BCUT2D eigenvalue weighted by molar-refractivity contribution is 0.532. The van der Waals surface area contributed by atoms with Crippen molar-refractivity contribution in [1.82, 2.24) is 9.78 Å². The van der Waals surface area contributed by atoms with Gasteiger partial charge in [0.1, 0.15) is 0 Å². The van der Waals surface area contributed by atoms with Gasteiger partial charge >= 0.3 is 0 Å². The molecule has 0 amide bonds. The Morgan fingerprint density at radius 2 is 1.91 bits per heavy atom. The zero-order valence-corrected chi connectivity index (χ0v) is 7.91. The van der Waals surface area contributed by atoms with E-state index in [2.05, 4.69) is 32.8 Å². The van der Waals surface area contributed by atoms with Gasteiger partial charge in [0.2, 0.25) is 0 Å². The average molecular weight is 154 g/mol. The molecule has 1 aromatic rings. The third-order valence-corrected chi connectivity index (χ3v) is 1.05. The first-order valence-corrected chi connectivity index (χ1v) is 4.21. The monoisotopic (exact) mass is 154 g/mol. The third kappa shape index (κ3) is 4.59. The fourth-order valence-electron chi connectivity index (χ4n) is 0.586. The third-order valence-electron chi connectivity index (χ3n) is 1.05. The van der Waals surface area contributed by atoms with Crippen molar-refractivity contribution >= 4 is 0 Å². The van der Waals surface area contributed by atoms with Crippen molar-refractivity contribution < 1.29 is 0 Å². The summed E-state index contributed by atoms with van der Waals surface area (Å²) < 4.78 is 1.92. The van der Waals surface area contributed by atoms with Gasteiger partial charge in [-0.2, -0.15) is 5.10 Å². The van der Waals surface area contributed by atoms with Crippen LogP contribution in [0, 0.1) is 0 Å². The van der Waals surface area contributed by atoms with E-state index in [4.69, 9.17) is 0 Å². The van der Waals surface area contributed by atoms with Crippen molar-refractivity contribution in [1.29, 1.82) is 0 Å². The zero-order valence-electron chi connectivity index (χ0n) is 7.91. The van der Waals surface area contributed by atoms with E-state index in [1.807, 2.05) is 16.9 Å². The van der Waals surface area contributed by atoms with Crippen LogP contribution in [0.1, 0.15) is 40.2 Å². The van der Waals surface area contributed by atoms with Crippen molar-refractivity contribution in [2.45, 2.75) is 40.2 Å².